The summed E-state index contributed by atoms with van der Waals surface area (Å²) in [7, 11) is 0. The number of hydrogen-bond donors (Lipinski definition) is 1. The van der Waals surface area contributed by atoms with Gasteiger partial charge in [-0.1, -0.05) is 41.9 Å². The summed E-state index contributed by atoms with van der Waals surface area (Å²) in [5.41, 5.74) is 3.41. The molecule has 0 aliphatic rings. The van der Waals surface area contributed by atoms with Crippen LogP contribution in [0.4, 0.5) is 5.69 Å². The minimum atomic E-state index is -0.616. The van der Waals surface area contributed by atoms with E-state index in [1.54, 1.807) is 0 Å². The molecule has 3 aromatic rings. The third kappa shape index (κ3) is 4.20. The molecule has 0 aliphatic heterocycles. The van der Waals surface area contributed by atoms with Crippen LogP contribution in [0.25, 0.3) is 0 Å². The average Bonchev–Trinajstić information content (AvgIpc) is 2.93. The first-order valence-corrected chi connectivity index (χ1v) is 9.03. The van der Waals surface area contributed by atoms with Gasteiger partial charge in [-0.05, 0) is 31.5 Å². The van der Waals surface area contributed by atoms with Crippen molar-refractivity contribution in [3.8, 4) is 0 Å². The van der Waals surface area contributed by atoms with Crippen molar-refractivity contribution in [3.63, 3.8) is 0 Å². The number of rotatable bonds is 6. The van der Waals surface area contributed by atoms with Crippen LogP contribution in [0.15, 0.2) is 48.5 Å². The molecular weight excluding hydrogens is 380 g/mol. The normalized spacial score (nSPS) is 10.7. The fraction of sp³-hybridized carbons (Fsp3) is 0.200. The molecule has 0 unspecified atom stereocenters. The van der Waals surface area contributed by atoms with E-state index in [4.69, 9.17) is 11.6 Å². The van der Waals surface area contributed by atoms with Crippen molar-refractivity contribution in [3.05, 3.63) is 91.7 Å². The van der Waals surface area contributed by atoms with Crippen molar-refractivity contribution < 1.29 is 9.72 Å². The summed E-state index contributed by atoms with van der Waals surface area (Å²) in [6.07, 6.45) is 0. The van der Waals surface area contributed by atoms with Crippen LogP contribution in [0, 0.1) is 24.0 Å². The molecule has 8 heteroatoms. The van der Waals surface area contributed by atoms with E-state index in [-0.39, 0.29) is 22.8 Å². The monoisotopic (exact) mass is 398 g/mol. The lowest BCUT2D eigenvalue weighted by Gasteiger charge is -2.08. The Bertz CT molecular complexity index is 1030. The van der Waals surface area contributed by atoms with Gasteiger partial charge in [0.05, 0.1) is 17.2 Å². The van der Waals surface area contributed by atoms with Gasteiger partial charge in [-0.3, -0.25) is 19.6 Å². The molecule has 1 heterocycles. The van der Waals surface area contributed by atoms with Gasteiger partial charge in [0, 0.05) is 28.9 Å². The highest BCUT2D eigenvalue weighted by molar-refractivity contribution is 6.31. The molecule has 1 amide bonds. The Hall–Kier alpha value is -3.19. The third-order valence-corrected chi connectivity index (χ3v) is 4.77. The van der Waals surface area contributed by atoms with Crippen LogP contribution in [0.5, 0.6) is 0 Å². The molecule has 0 aliphatic carbocycles. The molecule has 28 heavy (non-hydrogen) atoms. The average molecular weight is 399 g/mol. The number of benzene rings is 2. The lowest BCUT2D eigenvalue weighted by molar-refractivity contribution is -0.385. The predicted molar refractivity (Wildman–Crippen MR) is 107 cm³/mol. The third-order valence-electron chi connectivity index (χ3n) is 4.53. The highest BCUT2D eigenvalue weighted by atomic mass is 35.5. The van der Waals surface area contributed by atoms with Crippen molar-refractivity contribution in [2.75, 3.05) is 0 Å². The van der Waals surface area contributed by atoms with Gasteiger partial charge in [0.25, 0.3) is 11.6 Å². The van der Waals surface area contributed by atoms with E-state index in [0.29, 0.717) is 6.54 Å². The Morgan fingerprint density at radius 1 is 1.21 bits per heavy atom. The summed E-state index contributed by atoms with van der Waals surface area (Å²) in [6.45, 7) is 4.67. The topological polar surface area (TPSA) is 90.1 Å². The van der Waals surface area contributed by atoms with Gasteiger partial charge in [0.15, 0.2) is 0 Å². The molecule has 0 saturated heterocycles. The molecule has 1 N–H and O–H groups in total. The van der Waals surface area contributed by atoms with Crippen LogP contribution in [0.3, 0.4) is 0 Å². The number of nitrogens with zero attached hydrogens (tertiary/aromatic N) is 3. The van der Waals surface area contributed by atoms with E-state index >= 15 is 0 Å². The Kier molecular flexibility index (Phi) is 5.75. The molecule has 0 radical (unpaired) electrons. The zero-order chi connectivity index (χ0) is 20.3. The van der Waals surface area contributed by atoms with Crippen molar-refractivity contribution in [1.82, 2.24) is 15.1 Å². The first-order chi connectivity index (χ1) is 13.4. The van der Waals surface area contributed by atoms with Gasteiger partial charge in [0.1, 0.15) is 5.56 Å². The van der Waals surface area contributed by atoms with Crippen molar-refractivity contribution in [2.45, 2.75) is 26.9 Å². The largest absolute Gasteiger partial charge is 0.348 e. The van der Waals surface area contributed by atoms with Crippen LogP contribution < -0.4 is 5.32 Å². The summed E-state index contributed by atoms with van der Waals surface area (Å²) in [5, 5.41) is 18.7. The van der Waals surface area contributed by atoms with E-state index in [0.717, 1.165) is 22.5 Å². The van der Waals surface area contributed by atoms with Gasteiger partial charge < -0.3 is 5.32 Å². The summed E-state index contributed by atoms with van der Waals surface area (Å²) < 4.78 is 1.89. The molecule has 0 fully saturated rings. The summed E-state index contributed by atoms with van der Waals surface area (Å²) >= 11 is 5.80. The second-order valence-electron chi connectivity index (χ2n) is 6.39. The fourth-order valence-corrected chi connectivity index (χ4v) is 3.18. The molecule has 1 aromatic heterocycles. The number of halogens is 1. The number of hydrogen-bond acceptors (Lipinski definition) is 4. The highest BCUT2D eigenvalue weighted by Crippen LogP contribution is 2.23. The predicted octanol–water partition coefficient (Wildman–Crippen LogP) is 4.04. The van der Waals surface area contributed by atoms with Gasteiger partial charge in [-0.25, -0.2) is 0 Å². The number of carbonyl (C=O) groups excluding carboxylic acids is 1. The Labute approximate surface area is 167 Å². The Morgan fingerprint density at radius 2 is 1.93 bits per heavy atom. The molecule has 0 spiro atoms. The standard InChI is InChI=1S/C20H19ClN4O3/c1-13-18(14(2)24(23-13)12-15-6-4-3-5-7-15)11-22-20(26)17-9-8-16(21)10-19(17)25(27)28/h3-10H,11-12H2,1-2H3,(H,22,26). The van der Waals surface area contributed by atoms with Gasteiger partial charge in [-0.2, -0.15) is 5.10 Å². The van der Waals surface area contributed by atoms with Gasteiger partial charge in [0.2, 0.25) is 0 Å². The lowest BCUT2D eigenvalue weighted by Crippen LogP contribution is -2.24. The molecule has 2 aromatic carbocycles. The number of amides is 1. The SMILES string of the molecule is Cc1nn(Cc2ccccc2)c(C)c1CNC(=O)c1ccc(Cl)cc1[N+](=O)[O-]. The van der Waals surface area contributed by atoms with Crippen LogP contribution in [-0.2, 0) is 13.1 Å². The second kappa shape index (κ2) is 8.22. The first-order valence-electron chi connectivity index (χ1n) is 8.65. The molecule has 7 nitrogen and oxygen atoms in total. The summed E-state index contributed by atoms with van der Waals surface area (Å²) in [4.78, 5) is 23.1. The van der Waals surface area contributed by atoms with E-state index in [2.05, 4.69) is 10.4 Å². The van der Waals surface area contributed by atoms with E-state index in [1.807, 2.05) is 48.9 Å². The second-order valence-corrected chi connectivity index (χ2v) is 6.83. The number of nitro groups is 1. The number of carbonyl (C=O) groups is 1. The highest BCUT2D eigenvalue weighted by Gasteiger charge is 2.21. The van der Waals surface area contributed by atoms with Gasteiger partial charge in [-0.15, -0.1) is 0 Å². The van der Waals surface area contributed by atoms with Crippen molar-refractivity contribution in [2.24, 2.45) is 0 Å². The molecule has 0 bridgehead atoms. The molecular formula is C20H19ClN4O3. The zero-order valence-electron chi connectivity index (χ0n) is 15.5. The van der Waals surface area contributed by atoms with E-state index < -0.39 is 10.8 Å². The summed E-state index contributed by atoms with van der Waals surface area (Å²) in [5.74, 6) is -0.530. The molecule has 3 rings (SSSR count). The van der Waals surface area contributed by atoms with Crippen LogP contribution in [0.2, 0.25) is 5.02 Å². The lowest BCUT2D eigenvalue weighted by atomic mass is 10.1. The smallest absolute Gasteiger partial charge is 0.283 e. The molecule has 0 atom stereocenters. The maximum absolute atomic E-state index is 12.5. The Balaban J connectivity index is 1.76. The summed E-state index contributed by atoms with van der Waals surface area (Å²) in [6, 6.07) is 13.9. The maximum Gasteiger partial charge on any atom is 0.283 e. The minimum Gasteiger partial charge on any atom is -0.348 e. The number of nitrogens with one attached hydrogen (secondary N) is 1. The van der Waals surface area contributed by atoms with Gasteiger partial charge >= 0.3 is 0 Å². The quantitative estimate of drug-likeness (QED) is 0.501. The molecule has 144 valence electrons. The minimum absolute atomic E-state index is 0.0265. The number of nitro benzene ring substituents is 1. The fourth-order valence-electron chi connectivity index (χ4n) is 3.01. The van der Waals surface area contributed by atoms with E-state index in [1.165, 1.54) is 18.2 Å². The zero-order valence-corrected chi connectivity index (χ0v) is 16.2. The number of aromatic nitrogens is 2. The number of aryl methyl sites for hydroxylation is 1. The van der Waals surface area contributed by atoms with Crippen LogP contribution in [0.1, 0.15) is 32.9 Å². The van der Waals surface area contributed by atoms with Crippen LogP contribution in [-0.4, -0.2) is 20.6 Å². The first kappa shape index (κ1) is 19.6. The maximum atomic E-state index is 12.5. The van der Waals surface area contributed by atoms with Crippen molar-refractivity contribution >= 4 is 23.2 Å². The van der Waals surface area contributed by atoms with Crippen molar-refractivity contribution in [1.29, 1.82) is 0 Å². The van der Waals surface area contributed by atoms with Crippen LogP contribution >= 0.6 is 11.6 Å². The molecule has 0 saturated carbocycles. The Morgan fingerprint density at radius 3 is 2.61 bits per heavy atom. The van der Waals surface area contributed by atoms with E-state index in [9.17, 15) is 14.9 Å².